The van der Waals surface area contributed by atoms with Crippen molar-refractivity contribution < 1.29 is 19.6 Å². The average molecular weight is 347 g/mol. The summed E-state index contributed by atoms with van der Waals surface area (Å²) in [5, 5.41) is 0. The standard InChI is InChI=1S/C20H42O4/c1-14-20(15(2)3,23-21-18(10,11)16(4,5)6)24-22-19(12,13)17(7,8)9/h15H,14H2,1-13H3. The fraction of sp³-hybridized carbons (Fsp3) is 1.00. The van der Waals surface area contributed by atoms with E-state index in [4.69, 9.17) is 19.6 Å². The van der Waals surface area contributed by atoms with Crippen molar-refractivity contribution >= 4 is 0 Å². The molecule has 0 aliphatic rings. The van der Waals surface area contributed by atoms with E-state index in [0.29, 0.717) is 6.42 Å². The minimum absolute atomic E-state index is 0.0639. The Labute approximate surface area is 150 Å². The first kappa shape index (κ1) is 23.8. The Morgan fingerprint density at radius 2 is 0.875 bits per heavy atom. The van der Waals surface area contributed by atoms with Crippen LogP contribution < -0.4 is 0 Å². The molecule has 0 heterocycles. The minimum Gasteiger partial charge on any atom is -0.227 e. The number of hydrogen-bond acceptors (Lipinski definition) is 4. The quantitative estimate of drug-likeness (QED) is 0.294. The van der Waals surface area contributed by atoms with Crippen LogP contribution in [0.3, 0.4) is 0 Å². The fourth-order valence-corrected chi connectivity index (χ4v) is 1.33. The summed E-state index contributed by atoms with van der Waals surface area (Å²) < 4.78 is 0. The van der Waals surface area contributed by atoms with Crippen molar-refractivity contribution in [1.29, 1.82) is 0 Å². The Morgan fingerprint density at radius 3 is 1.04 bits per heavy atom. The van der Waals surface area contributed by atoms with Gasteiger partial charge in [-0.2, -0.15) is 9.78 Å². The average Bonchev–Trinajstić information content (AvgIpc) is 2.36. The lowest BCUT2D eigenvalue weighted by Crippen LogP contribution is -2.49. The minimum atomic E-state index is -0.953. The van der Waals surface area contributed by atoms with E-state index in [0.717, 1.165) is 0 Å². The van der Waals surface area contributed by atoms with Crippen molar-refractivity contribution in [3.05, 3.63) is 0 Å². The Bertz CT molecular complexity index is 353. The molecule has 0 amide bonds. The monoisotopic (exact) mass is 346 g/mol. The molecule has 0 rings (SSSR count). The lowest BCUT2D eigenvalue weighted by Gasteiger charge is -2.44. The number of hydrogen-bond donors (Lipinski definition) is 0. The molecule has 4 nitrogen and oxygen atoms in total. The molecule has 0 aliphatic heterocycles. The van der Waals surface area contributed by atoms with Crippen LogP contribution in [0.2, 0.25) is 0 Å². The number of rotatable bonds is 8. The van der Waals surface area contributed by atoms with E-state index in [1.807, 2.05) is 48.5 Å². The van der Waals surface area contributed by atoms with Crippen molar-refractivity contribution in [2.45, 2.75) is 113 Å². The van der Waals surface area contributed by atoms with Gasteiger partial charge in [-0.1, -0.05) is 62.3 Å². The molecule has 4 heteroatoms. The molecule has 0 aliphatic carbocycles. The zero-order chi connectivity index (χ0) is 19.6. The van der Waals surface area contributed by atoms with Gasteiger partial charge in [0.25, 0.3) is 0 Å². The molecule has 0 fully saturated rings. The maximum Gasteiger partial charge on any atom is 0.235 e. The van der Waals surface area contributed by atoms with Gasteiger partial charge in [-0.15, -0.1) is 0 Å². The van der Waals surface area contributed by atoms with E-state index in [-0.39, 0.29) is 16.7 Å². The summed E-state index contributed by atoms with van der Waals surface area (Å²) in [6, 6.07) is 0. The second-order valence-electron chi connectivity index (χ2n) is 10.2. The molecular weight excluding hydrogens is 304 g/mol. The highest BCUT2D eigenvalue weighted by atomic mass is 17.3. The zero-order valence-corrected chi connectivity index (χ0v) is 18.4. The molecule has 0 aromatic heterocycles. The first-order valence-corrected chi connectivity index (χ1v) is 9.15. The Balaban J connectivity index is 5.26. The van der Waals surface area contributed by atoms with Crippen molar-refractivity contribution in [2.75, 3.05) is 0 Å². The van der Waals surface area contributed by atoms with Crippen LogP contribution in [-0.4, -0.2) is 17.0 Å². The van der Waals surface area contributed by atoms with Crippen LogP contribution >= 0.6 is 0 Å². The van der Waals surface area contributed by atoms with Gasteiger partial charge < -0.3 is 0 Å². The summed E-state index contributed by atoms with van der Waals surface area (Å²) in [4.78, 5) is 23.5. The van der Waals surface area contributed by atoms with Crippen LogP contribution in [0, 0.1) is 16.7 Å². The molecule has 0 bridgehead atoms. The lowest BCUT2D eigenvalue weighted by molar-refractivity contribution is -0.561. The van der Waals surface area contributed by atoms with Gasteiger partial charge in [0.05, 0.1) is 0 Å². The van der Waals surface area contributed by atoms with E-state index in [1.165, 1.54) is 0 Å². The largest absolute Gasteiger partial charge is 0.235 e. The Hall–Kier alpha value is -0.160. The molecule has 0 N–H and O–H groups in total. The van der Waals surface area contributed by atoms with Crippen LogP contribution in [0.4, 0.5) is 0 Å². The van der Waals surface area contributed by atoms with Crippen LogP contribution in [0.1, 0.15) is 96.4 Å². The molecular formula is C20H42O4. The molecule has 24 heavy (non-hydrogen) atoms. The predicted molar refractivity (Wildman–Crippen MR) is 99.3 cm³/mol. The predicted octanol–water partition coefficient (Wildman–Crippen LogP) is 6.29. The first-order chi connectivity index (χ1) is 10.4. The van der Waals surface area contributed by atoms with Gasteiger partial charge in [0, 0.05) is 12.3 Å². The molecule has 0 aromatic rings. The highest BCUT2D eigenvalue weighted by molar-refractivity contribution is 4.84. The third-order valence-corrected chi connectivity index (χ3v) is 5.77. The Kier molecular flexibility index (Phi) is 7.56. The van der Waals surface area contributed by atoms with Crippen LogP contribution in [-0.2, 0) is 19.6 Å². The van der Waals surface area contributed by atoms with Crippen molar-refractivity contribution in [2.24, 2.45) is 16.7 Å². The highest BCUT2D eigenvalue weighted by Gasteiger charge is 2.45. The third-order valence-electron chi connectivity index (χ3n) is 5.77. The smallest absolute Gasteiger partial charge is 0.227 e. The molecule has 0 unspecified atom stereocenters. The summed E-state index contributed by atoms with van der Waals surface area (Å²) in [5.41, 5.74) is -1.08. The van der Waals surface area contributed by atoms with Gasteiger partial charge in [0.2, 0.25) is 5.79 Å². The normalized spacial score (nSPS) is 15.2. The highest BCUT2D eigenvalue weighted by Crippen LogP contribution is 2.39. The third kappa shape index (κ3) is 5.69. The summed E-state index contributed by atoms with van der Waals surface area (Å²) in [5.74, 6) is -0.889. The van der Waals surface area contributed by atoms with E-state index in [1.54, 1.807) is 0 Å². The second-order valence-corrected chi connectivity index (χ2v) is 10.2. The van der Waals surface area contributed by atoms with E-state index >= 15 is 0 Å². The van der Waals surface area contributed by atoms with Gasteiger partial charge in [-0.3, -0.25) is 0 Å². The van der Waals surface area contributed by atoms with E-state index in [9.17, 15) is 0 Å². The molecule has 0 saturated carbocycles. The van der Waals surface area contributed by atoms with Gasteiger partial charge >= 0.3 is 0 Å². The lowest BCUT2D eigenvalue weighted by atomic mass is 9.79. The topological polar surface area (TPSA) is 36.9 Å². The van der Waals surface area contributed by atoms with Crippen LogP contribution in [0.25, 0.3) is 0 Å². The van der Waals surface area contributed by atoms with E-state index in [2.05, 4.69) is 41.5 Å². The van der Waals surface area contributed by atoms with Gasteiger partial charge in [0.1, 0.15) is 11.2 Å². The summed E-state index contributed by atoms with van der Waals surface area (Å²) >= 11 is 0. The van der Waals surface area contributed by atoms with Crippen LogP contribution in [0.5, 0.6) is 0 Å². The fourth-order valence-electron chi connectivity index (χ4n) is 1.33. The second kappa shape index (κ2) is 7.61. The van der Waals surface area contributed by atoms with Crippen molar-refractivity contribution in [3.8, 4) is 0 Å². The Morgan fingerprint density at radius 1 is 0.583 bits per heavy atom. The molecule has 0 saturated heterocycles. The molecule has 146 valence electrons. The van der Waals surface area contributed by atoms with Crippen LogP contribution in [0.15, 0.2) is 0 Å². The van der Waals surface area contributed by atoms with Gasteiger partial charge in [0.15, 0.2) is 0 Å². The summed E-state index contributed by atoms with van der Waals surface area (Å²) in [6.45, 7) is 26.9. The molecule has 0 spiro atoms. The van der Waals surface area contributed by atoms with E-state index < -0.39 is 17.0 Å². The molecule has 0 atom stereocenters. The van der Waals surface area contributed by atoms with Gasteiger partial charge in [-0.25, -0.2) is 9.78 Å². The van der Waals surface area contributed by atoms with Crippen molar-refractivity contribution in [1.82, 2.24) is 0 Å². The zero-order valence-electron chi connectivity index (χ0n) is 18.4. The first-order valence-electron chi connectivity index (χ1n) is 9.15. The summed E-state index contributed by atoms with van der Waals surface area (Å²) in [6.07, 6.45) is 0.616. The maximum atomic E-state index is 5.89. The SMILES string of the molecule is CCC(OOC(C)(C)C(C)(C)C)(OOC(C)(C)C(C)(C)C)C(C)C. The maximum absolute atomic E-state index is 5.89. The summed E-state index contributed by atoms with van der Waals surface area (Å²) in [7, 11) is 0. The molecule has 0 radical (unpaired) electrons. The molecule has 0 aromatic carbocycles. The van der Waals surface area contributed by atoms with Gasteiger partial charge in [-0.05, 0) is 38.5 Å². The van der Waals surface area contributed by atoms with Crippen molar-refractivity contribution in [3.63, 3.8) is 0 Å².